The molecule has 0 spiro atoms. The minimum Gasteiger partial charge on any atom is -0.494 e. The second kappa shape index (κ2) is 6.48. The maximum Gasteiger partial charge on any atom is 0.144 e. The molecule has 4 heteroatoms. The van der Waals surface area contributed by atoms with Crippen LogP contribution in [0.3, 0.4) is 0 Å². The number of nitrogens with one attached hydrogen (secondary N) is 2. The monoisotopic (exact) mass is 331 g/mol. The van der Waals surface area contributed by atoms with E-state index in [-0.39, 0.29) is 0 Å². The first-order valence-corrected chi connectivity index (χ1v) is 8.59. The Labute approximate surface area is 146 Å². The predicted molar refractivity (Wildman–Crippen MR) is 104 cm³/mol. The molecular weight excluding hydrogens is 310 g/mol. The second-order valence-corrected chi connectivity index (χ2v) is 6.19. The summed E-state index contributed by atoms with van der Waals surface area (Å²) in [5.41, 5.74) is 6.18. The molecule has 4 rings (SSSR count). The molecule has 0 radical (unpaired) electrons. The van der Waals surface area contributed by atoms with Gasteiger partial charge in [-0.3, -0.25) is 4.99 Å². The van der Waals surface area contributed by atoms with Gasteiger partial charge in [0.1, 0.15) is 5.75 Å². The Morgan fingerprint density at radius 2 is 1.92 bits per heavy atom. The van der Waals surface area contributed by atoms with Crippen molar-refractivity contribution in [1.82, 2.24) is 9.97 Å². The quantitative estimate of drug-likeness (QED) is 0.653. The van der Waals surface area contributed by atoms with Gasteiger partial charge in [0, 0.05) is 22.7 Å². The Morgan fingerprint density at radius 1 is 1.08 bits per heavy atom. The van der Waals surface area contributed by atoms with Crippen molar-refractivity contribution in [2.45, 2.75) is 19.8 Å². The average molecular weight is 331 g/mol. The molecule has 3 heterocycles. The fraction of sp³-hybridized carbons (Fsp3) is 0.190. The summed E-state index contributed by atoms with van der Waals surface area (Å²) in [6.07, 6.45) is 8.28. The first-order valence-electron chi connectivity index (χ1n) is 8.59. The summed E-state index contributed by atoms with van der Waals surface area (Å²) >= 11 is 0. The van der Waals surface area contributed by atoms with E-state index in [4.69, 9.17) is 4.74 Å². The number of benzene rings is 1. The number of aliphatic imine (C=N–C) groups is 1. The molecule has 0 bridgehead atoms. The fourth-order valence-corrected chi connectivity index (χ4v) is 3.14. The molecule has 0 aliphatic carbocycles. The van der Waals surface area contributed by atoms with E-state index in [1.165, 1.54) is 5.39 Å². The molecule has 2 aromatic heterocycles. The number of aromatic nitrogens is 2. The smallest absolute Gasteiger partial charge is 0.144 e. The van der Waals surface area contributed by atoms with E-state index in [0.29, 0.717) is 0 Å². The summed E-state index contributed by atoms with van der Waals surface area (Å²) in [4.78, 5) is 11.5. The SMILES string of the molecule is CCCC1=NC(=Cc2[nH]c(-c3cc4ccccc4[nH]3)cc2OC)C=C1. The highest BCUT2D eigenvalue weighted by atomic mass is 16.5. The average Bonchev–Trinajstić information content (AvgIpc) is 3.33. The van der Waals surface area contributed by atoms with Gasteiger partial charge < -0.3 is 14.7 Å². The minimum atomic E-state index is 0.814. The number of rotatable bonds is 5. The summed E-state index contributed by atoms with van der Waals surface area (Å²) in [5.74, 6) is 0.814. The number of nitrogens with zero attached hydrogens (tertiary/aromatic N) is 1. The molecule has 0 saturated heterocycles. The van der Waals surface area contributed by atoms with Gasteiger partial charge in [0.05, 0.1) is 29.9 Å². The van der Waals surface area contributed by atoms with Crippen LogP contribution in [0.5, 0.6) is 5.75 Å². The van der Waals surface area contributed by atoms with Gasteiger partial charge in [0.25, 0.3) is 0 Å². The van der Waals surface area contributed by atoms with E-state index in [1.807, 2.05) is 30.4 Å². The predicted octanol–water partition coefficient (Wildman–Crippen LogP) is 5.32. The fourth-order valence-electron chi connectivity index (χ4n) is 3.14. The third kappa shape index (κ3) is 3.03. The van der Waals surface area contributed by atoms with Gasteiger partial charge in [0.15, 0.2) is 0 Å². The topological polar surface area (TPSA) is 53.2 Å². The van der Waals surface area contributed by atoms with Crippen LogP contribution < -0.4 is 4.74 Å². The lowest BCUT2D eigenvalue weighted by Gasteiger charge is -1.97. The van der Waals surface area contributed by atoms with Gasteiger partial charge >= 0.3 is 0 Å². The highest BCUT2D eigenvalue weighted by Gasteiger charge is 2.12. The maximum absolute atomic E-state index is 5.54. The van der Waals surface area contributed by atoms with Crippen molar-refractivity contribution in [2.75, 3.05) is 7.11 Å². The van der Waals surface area contributed by atoms with E-state index in [2.05, 4.69) is 46.2 Å². The zero-order valence-electron chi connectivity index (χ0n) is 14.5. The summed E-state index contributed by atoms with van der Waals surface area (Å²) in [5, 5.41) is 1.19. The Hall–Kier alpha value is -3.01. The first kappa shape index (κ1) is 15.5. The zero-order valence-corrected chi connectivity index (χ0v) is 14.5. The number of H-pyrrole nitrogens is 2. The van der Waals surface area contributed by atoms with E-state index in [0.717, 1.165) is 52.6 Å². The third-order valence-corrected chi connectivity index (χ3v) is 4.37. The molecule has 0 amide bonds. The molecule has 0 unspecified atom stereocenters. The Balaban J connectivity index is 1.70. The van der Waals surface area contributed by atoms with Crippen LogP contribution in [0, 0.1) is 0 Å². The van der Waals surface area contributed by atoms with Gasteiger partial charge in [-0.15, -0.1) is 0 Å². The number of ether oxygens (including phenoxy) is 1. The lowest BCUT2D eigenvalue weighted by molar-refractivity contribution is 0.414. The maximum atomic E-state index is 5.54. The van der Waals surface area contributed by atoms with Crippen molar-refractivity contribution < 1.29 is 4.74 Å². The Bertz CT molecular complexity index is 968. The summed E-state index contributed by atoms with van der Waals surface area (Å²) in [6.45, 7) is 2.17. The molecule has 0 atom stereocenters. The number of para-hydroxylation sites is 1. The van der Waals surface area contributed by atoms with E-state index in [1.54, 1.807) is 7.11 Å². The standard InChI is InChI=1S/C21H21N3O/c1-3-6-15-9-10-16(22-15)12-20-21(25-2)13-19(24-20)18-11-14-7-4-5-8-17(14)23-18/h4-5,7-13,23-24H,3,6H2,1-2H3. The van der Waals surface area contributed by atoms with E-state index in [9.17, 15) is 0 Å². The molecule has 25 heavy (non-hydrogen) atoms. The van der Waals surface area contributed by atoms with Crippen LogP contribution in [-0.2, 0) is 0 Å². The summed E-state index contributed by atoms with van der Waals surface area (Å²) in [6, 6.07) is 12.4. The molecular formula is C21H21N3O. The normalized spacial score (nSPS) is 15.3. The third-order valence-electron chi connectivity index (χ3n) is 4.37. The van der Waals surface area contributed by atoms with Crippen molar-refractivity contribution in [2.24, 2.45) is 4.99 Å². The van der Waals surface area contributed by atoms with Gasteiger partial charge in [-0.25, -0.2) is 0 Å². The molecule has 3 aromatic rings. The van der Waals surface area contributed by atoms with E-state index >= 15 is 0 Å². The van der Waals surface area contributed by atoms with Crippen LogP contribution in [-0.4, -0.2) is 22.8 Å². The van der Waals surface area contributed by atoms with Crippen LogP contribution in [0.2, 0.25) is 0 Å². The number of allylic oxidation sites excluding steroid dienone is 2. The number of fused-ring (bicyclic) bond motifs is 1. The number of methoxy groups -OCH3 is 1. The van der Waals surface area contributed by atoms with Gasteiger partial charge in [-0.05, 0) is 36.8 Å². The molecule has 1 aliphatic heterocycles. The van der Waals surface area contributed by atoms with Gasteiger partial charge in [0.2, 0.25) is 0 Å². The highest BCUT2D eigenvalue weighted by Crippen LogP contribution is 2.31. The molecule has 1 aliphatic rings. The summed E-state index contributed by atoms with van der Waals surface area (Å²) < 4.78 is 5.54. The minimum absolute atomic E-state index is 0.814. The molecule has 2 N–H and O–H groups in total. The van der Waals surface area contributed by atoms with Crippen LogP contribution in [0.15, 0.2) is 59.2 Å². The van der Waals surface area contributed by atoms with Crippen molar-refractivity contribution in [3.05, 3.63) is 59.9 Å². The second-order valence-electron chi connectivity index (χ2n) is 6.19. The molecule has 0 saturated carbocycles. The number of hydrogen-bond acceptors (Lipinski definition) is 2. The van der Waals surface area contributed by atoms with Crippen LogP contribution in [0.4, 0.5) is 0 Å². The lowest BCUT2D eigenvalue weighted by Crippen LogP contribution is -1.87. The van der Waals surface area contributed by atoms with Gasteiger partial charge in [-0.2, -0.15) is 0 Å². The summed E-state index contributed by atoms with van der Waals surface area (Å²) in [7, 11) is 1.69. The van der Waals surface area contributed by atoms with Crippen molar-refractivity contribution in [3.63, 3.8) is 0 Å². The van der Waals surface area contributed by atoms with Crippen molar-refractivity contribution in [1.29, 1.82) is 0 Å². The molecule has 4 nitrogen and oxygen atoms in total. The Morgan fingerprint density at radius 3 is 2.72 bits per heavy atom. The molecule has 0 fully saturated rings. The van der Waals surface area contributed by atoms with Crippen molar-refractivity contribution in [3.8, 4) is 17.1 Å². The lowest BCUT2D eigenvalue weighted by atomic mass is 10.2. The zero-order chi connectivity index (χ0) is 17.2. The number of hydrogen-bond donors (Lipinski definition) is 2. The number of aromatic amines is 2. The van der Waals surface area contributed by atoms with Crippen LogP contribution >= 0.6 is 0 Å². The van der Waals surface area contributed by atoms with Crippen molar-refractivity contribution >= 4 is 22.7 Å². The van der Waals surface area contributed by atoms with Crippen LogP contribution in [0.25, 0.3) is 28.4 Å². The first-order chi connectivity index (χ1) is 12.3. The molecule has 1 aromatic carbocycles. The highest BCUT2D eigenvalue weighted by molar-refractivity contribution is 5.99. The largest absolute Gasteiger partial charge is 0.494 e. The van der Waals surface area contributed by atoms with E-state index < -0.39 is 0 Å². The van der Waals surface area contributed by atoms with Crippen LogP contribution in [0.1, 0.15) is 25.5 Å². The van der Waals surface area contributed by atoms with Gasteiger partial charge in [-0.1, -0.05) is 31.5 Å². The molecule has 126 valence electrons. The Kier molecular flexibility index (Phi) is 4.02.